The van der Waals surface area contributed by atoms with E-state index in [1.165, 1.54) is 19.3 Å². The molecule has 0 saturated carbocycles. The zero-order valence-corrected chi connectivity index (χ0v) is 17.7. The molecule has 0 fully saturated rings. The van der Waals surface area contributed by atoms with Crippen molar-refractivity contribution in [3.8, 4) is 23.3 Å². The maximum Gasteiger partial charge on any atom is 0.534 e. The summed E-state index contributed by atoms with van der Waals surface area (Å²) in [5, 5.41) is 0. The van der Waals surface area contributed by atoms with E-state index in [4.69, 9.17) is 4.74 Å². The molecule has 2 rings (SSSR count). The molecule has 0 aromatic heterocycles. The maximum absolute atomic E-state index is 13.9. The molecule has 0 radical (unpaired) electrons. The van der Waals surface area contributed by atoms with Crippen LogP contribution in [0.2, 0.25) is 0 Å². The molecule has 0 atom stereocenters. The lowest BCUT2D eigenvalue weighted by Crippen LogP contribution is -2.28. The van der Waals surface area contributed by atoms with Gasteiger partial charge in [0.2, 0.25) is 0 Å². The van der Waals surface area contributed by atoms with Gasteiger partial charge in [-0.3, -0.25) is 0 Å². The van der Waals surface area contributed by atoms with Crippen molar-refractivity contribution in [2.45, 2.75) is 44.5 Å². The minimum atomic E-state index is -5.95. The Morgan fingerprint density at radius 1 is 0.903 bits per heavy atom. The monoisotopic (exact) mass is 458 g/mol. The van der Waals surface area contributed by atoms with Crippen molar-refractivity contribution < 1.29 is 34.9 Å². The van der Waals surface area contributed by atoms with Crippen molar-refractivity contribution in [2.75, 3.05) is 6.61 Å². The van der Waals surface area contributed by atoms with Crippen LogP contribution in [0.1, 0.15) is 50.2 Å². The minimum absolute atomic E-state index is 0.140. The fraction of sp³-hybridized carbons (Fsp3) is 0.364. The highest BCUT2D eigenvalue weighted by molar-refractivity contribution is 7.88. The average molecular weight is 458 g/mol. The van der Waals surface area contributed by atoms with Crippen LogP contribution < -0.4 is 8.92 Å². The number of unbranched alkanes of at least 4 members (excludes halogenated alkanes) is 4. The van der Waals surface area contributed by atoms with E-state index < -0.39 is 27.2 Å². The molecule has 4 nitrogen and oxygen atoms in total. The average Bonchev–Trinajstić information content (AvgIpc) is 2.71. The lowest BCUT2D eigenvalue weighted by molar-refractivity contribution is -0.0500. The lowest BCUT2D eigenvalue weighted by atomic mass is 10.1. The van der Waals surface area contributed by atoms with Crippen LogP contribution in [0.4, 0.5) is 17.6 Å². The Labute approximate surface area is 179 Å². The zero-order chi connectivity index (χ0) is 22.9. The van der Waals surface area contributed by atoms with Crippen molar-refractivity contribution >= 4 is 10.1 Å². The number of ether oxygens (including phenoxy) is 1. The zero-order valence-electron chi connectivity index (χ0n) is 16.8. The second kappa shape index (κ2) is 11.0. The summed E-state index contributed by atoms with van der Waals surface area (Å²) < 4.78 is 82.3. The van der Waals surface area contributed by atoms with Gasteiger partial charge in [-0.25, -0.2) is 4.39 Å². The first kappa shape index (κ1) is 24.5. The Morgan fingerprint density at radius 2 is 1.52 bits per heavy atom. The van der Waals surface area contributed by atoms with Crippen LogP contribution in [0.15, 0.2) is 42.5 Å². The van der Waals surface area contributed by atoms with E-state index in [-0.39, 0.29) is 5.56 Å². The molecule has 9 heteroatoms. The van der Waals surface area contributed by atoms with Crippen LogP contribution in [-0.4, -0.2) is 20.5 Å². The molecule has 0 N–H and O–H groups in total. The Hall–Kier alpha value is -2.73. The summed E-state index contributed by atoms with van der Waals surface area (Å²) >= 11 is 0. The number of hydrogen-bond donors (Lipinski definition) is 0. The van der Waals surface area contributed by atoms with E-state index >= 15 is 0 Å². The summed E-state index contributed by atoms with van der Waals surface area (Å²) in [6.45, 7) is 2.79. The second-order valence-corrected chi connectivity index (χ2v) is 8.20. The van der Waals surface area contributed by atoms with Crippen molar-refractivity contribution in [1.29, 1.82) is 0 Å². The lowest BCUT2D eigenvalue weighted by Gasteiger charge is -2.09. The molecule has 0 heterocycles. The SMILES string of the molecule is CCCCCCCOc1ccc(C#Cc2ccc(OS(=O)(=O)C(F)(F)F)c(F)c2)cc1. The van der Waals surface area contributed by atoms with Gasteiger partial charge in [0.25, 0.3) is 0 Å². The standard InChI is InChI=1S/C22H22F4O4S/c1-2-3-4-5-6-15-29-19-12-9-17(10-13-19)7-8-18-11-14-21(20(23)16-18)30-31(27,28)22(24,25)26/h9-14,16H,2-6,15H2,1H3. The van der Waals surface area contributed by atoms with E-state index in [0.29, 0.717) is 17.9 Å². The van der Waals surface area contributed by atoms with Gasteiger partial charge in [0.15, 0.2) is 11.6 Å². The summed E-state index contributed by atoms with van der Waals surface area (Å²) in [6, 6.07) is 9.70. The molecule has 0 aliphatic rings. The first-order valence-corrected chi connectivity index (χ1v) is 11.1. The van der Waals surface area contributed by atoms with Gasteiger partial charge in [0.1, 0.15) is 5.75 Å². The van der Waals surface area contributed by atoms with Crippen molar-refractivity contribution in [1.82, 2.24) is 0 Å². The smallest absolute Gasteiger partial charge is 0.494 e. The van der Waals surface area contributed by atoms with Gasteiger partial charge in [-0.2, -0.15) is 21.6 Å². The van der Waals surface area contributed by atoms with Gasteiger partial charge in [-0.15, -0.1) is 0 Å². The molecule has 2 aromatic rings. The minimum Gasteiger partial charge on any atom is -0.494 e. The van der Waals surface area contributed by atoms with E-state index in [9.17, 15) is 26.0 Å². The topological polar surface area (TPSA) is 52.6 Å². The molecule has 0 aliphatic heterocycles. The van der Waals surface area contributed by atoms with E-state index in [0.717, 1.165) is 31.0 Å². The van der Waals surface area contributed by atoms with Crippen molar-refractivity contribution in [2.24, 2.45) is 0 Å². The molecule has 168 valence electrons. The van der Waals surface area contributed by atoms with E-state index in [1.54, 1.807) is 24.3 Å². The first-order chi connectivity index (χ1) is 14.6. The summed E-state index contributed by atoms with van der Waals surface area (Å²) in [4.78, 5) is 0. The molecule has 2 aromatic carbocycles. The van der Waals surface area contributed by atoms with Gasteiger partial charge in [0.05, 0.1) is 6.61 Å². The largest absolute Gasteiger partial charge is 0.534 e. The molecule has 0 spiro atoms. The maximum atomic E-state index is 13.9. The van der Waals surface area contributed by atoms with Crippen LogP contribution in [0.5, 0.6) is 11.5 Å². The summed E-state index contributed by atoms with van der Waals surface area (Å²) in [5.41, 5.74) is -4.89. The van der Waals surface area contributed by atoms with Gasteiger partial charge in [0, 0.05) is 11.1 Å². The van der Waals surface area contributed by atoms with E-state index in [1.807, 2.05) is 0 Å². The number of alkyl halides is 3. The summed E-state index contributed by atoms with van der Waals surface area (Å²) in [6.07, 6.45) is 5.71. The third kappa shape index (κ3) is 7.79. The fourth-order valence-corrected chi connectivity index (χ4v) is 2.95. The van der Waals surface area contributed by atoms with Gasteiger partial charge >= 0.3 is 15.6 Å². The fourth-order valence-electron chi connectivity index (χ4n) is 2.49. The normalized spacial score (nSPS) is 11.5. The predicted octanol–water partition coefficient (Wildman–Crippen LogP) is 5.80. The number of rotatable bonds is 9. The Balaban J connectivity index is 1.95. The molecule has 0 saturated heterocycles. The van der Waals surface area contributed by atoms with Crippen molar-refractivity contribution in [3.05, 3.63) is 59.4 Å². The van der Waals surface area contributed by atoms with Crippen LogP contribution in [0.25, 0.3) is 0 Å². The Kier molecular flexibility index (Phi) is 8.75. The highest BCUT2D eigenvalue weighted by Gasteiger charge is 2.48. The molecule has 0 bridgehead atoms. The van der Waals surface area contributed by atoms with Crippen molar-refractivity contribution in [3.63, 3.8) is 0 Å². The van der Waals surface area contributed by atoms with Gasteiger partial charge in [-0.1, -0.05) is 44.4 Å². The quantitative estimate of drug-likeness (QED) is 0.157. The van der Waals surface area contributed by atoms with Crippen LogP contribution in [0.3, 0.4) is 0 Å². The highest BCUT2D eigenvalue weighted by atomic mass is 32.2. The second-order valence-electron chi connectivity index (χ2n) is 6.67. The molecule has 0 unspecified atom stereocenters. The molecule has 31 heavy (non-hydrogen) atoms. The van der Waals surface area contributed by atoms with E-state index in [2.05, 4.69) is 22.9 Å². The summed E-state index contributed by atoms with van der Waals surface area (Å²) in [7, 11) is -5.95. The Bertz CT molecular complexity index is 1020. The number of halogens is 4. The predicted molar refractivity (Wildman–Crippen MR) is 109 cm³/mol. The molecule has 0 aliphatic carbocycles. The van der Waals surface area contributed by atoms with Gasteiger partial charge in [-0.05, 0) is 48.9 Å². The first-order valence-electron chi connectivity index (χ1n) is 9.67. The number of benzene rings is 2. The molecule has 0 amide bonds. The number of hydrogen-bond acceptors (Lipinski definition) is 4. The highest BCUT2D eigenvalue weighted by Crippen LogP contribution is 2.28. The third-order valence-electron chi connectivity index (χ3n) is 4.14. The molecular formula is C22H22F4O4S. The Morgan fingerprint density at radius 3 is 2.13 bits per heavy atom. The summed E-state index contributed by atoms with van der Waals surface area (Å²) in [5.74, 6) is 3.82. The molecular weight excluding hydrogens is 436 g/mol. The van der Waals surface area contributed by atoms with Gasteiger partial charge < -0.3 is 8.92 Å². The van der Waals surface area contributed by atoms with Crippen LogP contribution in [0, 0.1) is 17.7 Å². The van der Waals surface area contributed by atoms with Crippen LogP contribution in [-0.2, 0) is 10.1 Å². The third-order valence-corrected chi connectivity index (χ3v) is 5.10. The van der Waals surface area contributed by atoms with Crippen LogP contribution >= 0.6 is 0 Å².